The summed E-state index contributed by atoms with van der Waals surface area (Å²) in [6.45, 7) is 0. The van der Waals surface area contributed by atoms with E-state index in [-0.39, 0.29) is 0 Å². The number of nitrogens with zero attached hydrogens (tertiary/aromatic N) is 3. The molecule has 18 heavy (non-hydrogen) atoms. The number of hydrogen-bond donors (Lipinski definition) is 1. The summed E-state index contributed by atoms with van der Waals surface area (Å²) in [7, 11) is 5.92. The van der Waals surface area contributed by atoms with Crippen LogP contribution in [0.2, 0.25) is 0 Å². The number of fused-ring (bicyclic) bond motifs is 1. The van der Waals surface area contributed by atoms with Crippen molar-refractivity contribution in [2.45, 2.75) is 0 Å². The molecule has 0 unspecified atom stereocenters. The molecule has 0 bridgehead atoms. The van der Waals surface area contributed by atoms with Crippen LogP contribution in [0.3, 0.4) is 0 Å². The average Bonchev–Trinajstić information content (AvgIpc) is 2.91. The highest BCUT2D eigenvalue weighted by molar-refractivity contribution is 5.95. The van der Waals surface area contributed by atoms with Crippen molar-refractivity contribution in [2.75, 3.05) is 12.4 Å². The molecule has 1 N–H and O–H groups in total. The number of benzene rings is 1. The van der Waals surface area contributed by atoms with Crippen molar-refractivity contribution in [3.8, 4) is 11.3 Å². The molecule has 0 saturated heterocycles. The van der Waals surface area contributed by atoms with E-state index in [0.717, 1.165) is 11.5 Å². The minimum Gasteiger partial charge on any atom is -0.372 e. The molecule has 0 aliphatic rings. The van der Waals surface area contributed by atoms with Crippen LogP contribution in [0, 0.1) is 0 Å². The van der Waals surface area contributed by atoms with Crippen LogP contribution in [0.5, 0.6) is 0 Å². The molecule has 0 spiro atoms. The number of para-hydroxylation sites is 1. The fourth-order valence-corrected chi connectivity index (χ4v) is 2.39. The third-order valence-electron chi connectivity index (χ3n) is 3.31. The summed E-state index contributed by atoms with van der Waals surface area (Å²) in [6, 6.07) is 10.5. The fraction of sp³-hybridized carbons (Fsp3) is 0.214. The Kier molecular flexibility index (Phi) is 2.37. The molecule has 92 valence electrons. The van der Waals surface area contributed by atoms with Gasteiger partial charge in [0.05, 0.1) is 5.69 Å². The zero-order valence-corrected chi connectivity index (χ0v) is 10.8. The molecular formula is C14H16N4. The van der Waals surface area contributed by atoms with Gasteiger partial charge in [-0.2, -0.15) is 5.10 Å². The highest BCUT2D eigenvalue weighted by Gasteiger charge is 2.12. The van der Waals surface area contributed by atoms with E-state index in [4.69, 9.17) is 0 Å². The van der Waals surface area contributed by atoms with Gasteiger partial charge in [0.15, 0.2) is 0 Å². The standard InChI is InChI=1S/C14H16N4/c1-15-14-8-13(18(3)16-14)11-9-17(2)12-7-5-4-6-10(11)12/h4-9H,1-3H3,(H,15,16). The van der Waals surface area contributed by atoms with E-state index in [1.54, 1.807) is 0 Å². The Balaban J connectivity index is 2.28. The molecule has 1 aromatic carbocycles. The maximum absolute atomic E-state index is 4.42. The number of aryl methyl sites for hydroxylation is 2. The Hall–Kier alpha value is -2.23. The summed E-state index contributed by atoms with van der Waals surface area (Å²) in [5.74, 6) is 0.889. The smallest absolute Gasteiger partial charge is 0.148 e. The van der Waals surface area contributed by atoms with Gasteiger partial charge in [-0.25, -0.2) is 0 Å². The Morgan fingerprint density at radius 1 is 1.17 bits per heavy atom. The molecule has 2 aromatic heterocycles. The Bertz CT molecular complexity index is 706. The van der Waals surface area contributed by atoms with Crippen LogP contribution >= 0.6 is 0 Å². The van der Waals surface area contributed by atoms with Crippen molar-refractivity contribution in [1.29, 1.82) is 0 Å². The van der Waals surface area contributed by atoms with E-state index in [2.05, 4.69) is 58.6 Å². The number of aromatic nitrogens is 3. The molecule has 0 atom stereocenters. The molecule has 0 fully saturated rings. The van der Waals surface area contributed by atoms with Crippen LogP contribution in [0.25, 0.3) is 22.2 Å². The van der Waals surface area contributed by atoms with E-state index in [9.17, 15) is 0 Å². The molecule has 0 aliphatic carbocycles. The van der Waals surface area contributed by atoms with Gasteiger partial charge in [-0.3, -0.25) is 4.68 Å². The van der Waals surface area contributed by atoms with Gasteiger partial charge in [-0.15, -0.1) is 0 Å². The molecule has 3 rings (SSSR count). The highest BCUT2D eigenvalue weighted by atomic mass is 15.3. The van der Waals surface area contributed by atoms with Crippen molar-refractivity contribution < 1.29 is 0 Å². The monoisotopic (exact) mass is 240 g/mol. The van der Waals surface area contributed by atoms with Crippen LogP contribution in [0.15, 0.2) is 36.5 Å². The topological polar surface area (TPSA) is 34.8 Å². The van der Waals surface area contributed by atoms with Gasteiger partial charge in [-0.05, 0) is 6.07 Å². The summed E-state index contributed by atoms with van der Waals surface area (Å²) in [6.07, 6.45) is 2.15. The van der Waals surface area contributed by atoms with Crippen LogP contribution in [-0.4, -0.2) is 21.4 Å². The van der Waals surface area contributed by atoms with Crippen molar-refractivity contribution in [3.05, 3.63) is 36.5 Å². The predicted octanol–water partition coefficient (Wildman–Crippen LogP) is 2.62. The number of nitrogens with one attached hydrogen (secondary N) is 1. The first-order valence-corrected chi connectivity index (χ1v) is 5.97. The van der Waals surface area contributed by atoms with Crippen LogP contribution < -0.4 is 5.32 Å². The zero-order valence-electron chi connectivity index (χ0n) is 10.8. The minimum atomic E-state index is 0.889. The lowest BCUT2D eigenvalue weighted by Crippen LogP contribution is -1.94. The third kappa shape index (κ3) is 1.49. The second-order valence-corrected chi connectivity index (χ2v) is 4.46. The van der Waals surface area contributed by atoms with Crippen molar-refractivity contribution in [2.24, 2.45) is 14.1 Å². The Morgan fingerprint density at radius 2 is 1.94 bits per heavy atom. The highest BCUT2D eigenvalue weighted by Crippen LogP contribution is 2.30. The first kappa shape index (κ1) is 10.9. The second-order valence-electron chi connectivity index (χ2n) is 4.46. The van der Waals surface area contributed by atoms with E-state index in [0.29, 0.717) is 0 Å². The van der Waals surface area contributed by atoms with Gasteiger partial charge in [0.2, 0.25) is 0 Å². The predicted molar refractivity (Wildman–Crippen MR) is 74.7 cm³/mol. The lowest BCUT2D eigenvalue weighted by molar-refractivity contribution is 0.778. The third-order valence-corrected chi connectivity index (χ3v) is 3.31. The molecule has 0 saturated carbocycles. The van der Waals surface area contributed by atoms with E-state index < -0.39 is 0 Å². The molecule has 4 heteroatoms. The molecule has 0 radical (unpaired) electrons. The Morgan fingerprint density at radius 3 is 2.67 bits per heavy atom. The largest absolute Gasteiger partial charge is 0.372 e. The van der Waals surface area contributed by atoms with E-state index >= 15 is 0 Å². The first-order chi connectivity index (χ1) is 8.70. The maximum atomic E-state index is 4.42. The molecule has 0 aliphatic heterocycles. The van der Waals surface area contributed by atoms with Gasteiger partial charge in [0.1, 0.15) is 5.82 Å². The summed E-state index contributed by atoms with van der Waals surface area (Å²) < 4.78 is 4.06. The average molecular weight is 240 g/mol. The normalized spacial score (nSPS) is 11.1. The Labute approximate surface area is 106 Å². The summed E-state index contributed by atoms with van der Waals surface area (Å²) in [5.41, 5.74) is 3.57. The van der Waals surface area contributed by atoms with Gasteiger partial charge >= 0.3 is 0 Å². The van der Waals surface area contributed by atoms with Gasteiger partial charge < -0.3 is 9.88 Å². The SMILES string of the molecule is CNc1cc(-c2cn(C)c3ccccc23)n(C)n1. The van der Waals surface area contributed by atoms with Crippen LogP contribution in [0.4, 0.5) is 5.82 Å². The first-order valence-electron chi connectivity index (χ1n) is 5.97. The zero-order chi connectivity index (χ0) is 12.7. The molecule has 2 heterocycles. The minimum absolute atomic E-state index is 0.889. The fourth-order valence-electron chi connectivity index (χ4n) is 2.39. The lowest BCUT2D eigenvalue weighted by Gasteiger charge is -1.98. The number of anilines is 1. The number of hydrogen-bond acceptors (Lipinski definition) is 2. The summed E-state index contributed by atoms with van der Waals surface area (Å²) >= 11 is 0. The lowest BCUT2D eigenvalue weighted by atomic mass is 10.1. The van der Waals surface area contributed by atoms with Gasteiger partial charge in [0.25, 0.3) is 0 Å². The van der Waals surface area contributed by atoms with Gasteiger partial charge in [0, 0.05) is 49.9 Å². The number of rotatable bonds is 2. The maximum Gasteiger partial charge on any atom is 0.148 e. The molecule has 0 amide bonds. The molecular weight excluding hydrogens is 224 g/mol. The summed E-state index contributed by atoms with van der Waals surface area (Å²) in [5, 5.41) is 8.75. The summed E-state index contributed by atoms with van der Waals surface area (Å²) in [4.78, 5) is 0. The van der Waals surface area contributed by atoms with Crippen molar-refractivity contribution >= 4 is 16.7 Å². The molecule has 4 nitrogen and oxygen atoms in total. The van der Waals surface area contributed by atoms with Gasteiger partial charge in [-0.1, -0.05) is 18.2 Å². The second kappa shape index (κ2) is 3.91. The van der Waals surface area contributed by atoms with E-state index in [1.807, 2.05) is 18.8 Å². The van der Waals surface area contributed by atoms with Crippen LogP contribution in [-0.2, 0) is 14.1 Å². The van der Waals surface area contributed by atoms with Crippen LogP contribution in [0.1, 0.15) is 0 Å². The molecule has 3 aromatic rings. The van der Waals surface area contributed by atoms with Crippen molar-refractivity contribution in [3.63, 3.8) is 0 Å². The quantitative estimate of drug-likeness (QED) is 0.747. The van der Waals surface area contributed by atoms with E-state index in [1.165, 1.54) is 16.5 Å². The van der Waals surface area contributed by atoms with Crippen molar-refractivity contribution in [1.82, 2.24) is 14.3 Å².